The van der Waals surface area contributed by atoms with E-state index in [1.165, 1.54) is 6.42 Å². The fourth-order valence-electron chi connectivity index (χ4n) is 2.30. The monoisotopic (exact) mass is 168 g/mol. The molecule has 2 fully saturated rings. The van der Waals surface area contributed by atoms with E-state index in [2.05, 4.69) is 0 Å². The van der Waals surface area contributed by atoms with Crippen molar-refractivity contribution in [2.75, 3.05) is 13.1 Å². The van der Waals surface area contributed by atoms with Crippen LogP contribution in [-0.2, 0) is 4.79 Å². The molecule has 0 bridgehead atoms. The zero-order valence-corrected chi connectivity index (χ0v) is 7.55. The van der Waals surface area contributed by atoms with E-state index in [0.29, 0.717) is 12.3 Å². The van der Waals surface area contributed by atoms with Crippen LogP contribution in [0.3, 0.4) is 0 Å². The fraction of sp³-hybridized carbons (Fsp3) is 0.889. The van der Waals surface area contributed by atoms with Gasteiger partial charge in [-0.3, -0.25) is 4.79 Å². The molecule has 1 saturated carbocycles. The van der Waals surface area contributed by atoms with Crippen molar-refractivity contribution < 1.29 is 4.79 Å². The summed E-state index contributed by atoms with van der Waals surface area (Å²) < 4.78 is 0. The van der Waals surface area contributed by atoms with Crippen LogP contribution in [0, 0.1) is 5.92 Å². The molecule has 0 spiro atoms. The van der Waals surface area contributed by atoms with Gasteiger partial charge >= 0.3 is 0 Å². The molecule has 12 heavy (non-hydrogen) atoms. The van der Waals surface area contributed by atoms with Crippen LogP contribution >= 0.6 is 0 Å². The standard InChI is InChI=1S/C9H16N2O/c1-2-8(12)11-5-7-3-4-9(7,10)6-11/h7H,2-6,10H2,1H3. The average Bonchev–Trinajstić information content (AvgIpc) is 2.28. The quantitative estimate of drug-likeness (QED) is 0.614. The summed E-state index contributed by atoms with van der Waals surface area (Å²) in [5.74, 6) is 0.849. The number of amides is 1. The van der Waals surface area contributed by atoms with Gasteiger partial charge in [0.15, 0.2) is 0 Å². The molecule has 3 heteroatoms. The molecule has 2 unspecified atom stereocenters. The predicted octanol–water partition coefficient (Wildman–Crippen LogP) is 0.346. The molecule has 1 heterocycles. The number of fused-ring (bicyclic) bond motifs is 1. The van der Waals surface area contributed by atoms with E-state index in [1.54, 1.807) is 0 Å². The van der Waals surface area contributed by atoms with Crippen LogP contribution in [0.2, 0.25) is 0 Å². The number of likely N-dealkylation sites (tertiary alicyclic amines) is 1. The smallest absolute Gasteiger partial charge is 0.222 e. The van der Waals surface area contributed by atoms with Gasteiger partial charge in [-0.15, -0.1) is 0 Å². The van der Waals surface area contributed by atoms with Crippen molar-refractivity contribution in [3.63, 3.8) is 0 Å². The Balaban J connectivity index is 2.02. The summed E-state index contributed by atoms with van der Waals surface area (Å²) in [4.78, 5) is 13.3. The van der Waals surface area contributed by atoms with Gasteiger partial charge in [0.05, 0.1) is 0 Å². The summed E-state index contributed by atoms with van der Waals surface area (Å²) in [7, 11) is 0. The van der Waals surface area contributed by atoms with E-state index in [9.17, 15) is 4.79 Å². The highest BCUT2D eigenvalue weighted by molar-refractivity contribution is 5.76. The summed E-state index contributed by atoms with van der Waals surface area (Å²) in [5, 5.41) is 0. The maximum atomic E-state index is 11.3. The van der Waals surface area contributed by atoms with Gasteiger partial charge in [0, 0.05) is 25.0 Å². The molecule has 2 rings (SSSR count). The first-order valence-electron chi connectivity index (χ1n) is 4.72. The molecule has 68 valence electrons. The average molecular weight is 168 g/mol. The summed E-state index contributed by atoms with van der Waals surface area (Å²) in [6.45, 7) is 3.61. The second-order valence-corrected chi connectivity index (χ2v) is 4.10. The topological polar surface area (TPSA) is 46.3 Å². The third kappa shape index (κ3) is 0.959. The van der Waals surface area contributed by atoms with Crippen LogP contribution in [0.15, 0.2) is 0 Å². The lowest BCUT2D eigenvalue weighted by atomic mass is 9.70. The molecule has 2 atom stereocenters. The van der Waals surface area contributed by atoms with Crippen LogP contribution in [0.25, 0.3) is 0 Å². The zero-order valence-electron chi connectivity index (χ0n) is 7.55. The molecule has 1 aliphatic heterocycles. The van der Waals surface area contributed by atoms with Crippen LogP contribution in [0.1, 0.15) is 26.2 Å². The molecule has 0 aromatic heterocycles. The molecule has 2 aliphatic rings. The Morgan fingerprint density at radius 1 is 1.75 bits per heavy atom. The molecular formula is C9H16N2O. The number of hydrogen-bond donors (Lipinski definition) is 1. The Morgan fingerprint density at radius 2 is 2.50 bits per heavy atom. The minimum atomic E-state index is -0.00910. The first-order valence-corrected chi connectivity index (χ1v) is 4.72. The van der Waals surface area contributed by atoms with Gasteiger partial charge in [-0.2, -0.15) is 0 Å². The number of carbonyl (C=O) groups excluding carboxylic acids is 1. The third-order valence-corrected chi connectivity index (χ3v) is 3.35. The Kier molecular flexibility index (Phi) is 1.65. The van der Waals surface area contributed by atoms with Crippen molar-refractivity contribution in [1.82, 2.24) is 4.90 Å². The van der Waals surface area contributed by atoms with Crippen molar-refractivity contribution in [2.24, 2.45) is 11.7 Å². The van der Waals surface area contributed by atoms with Gasteiger partial charge in [-0.25, -0.2) is 0 Å². The van der Waals surface area contributed by atoms with Gasteiger partial charge in [0.2, 0.25) is 5.91 Å². The first kappa shape index (κ1) is 8.05. The second-order valence-electron chi connectivity index (χ2n) is 4.10. The number of nitrogens with two attached hydrogens (primary N) is 1. The molecule has 1 aliphatic carbocycles. The van der Waals surface area contributed by atoms with Crippen molar-refractivity contribution in [1.29, 1.82) is 0 Å². The maximum absolute atomic E-state index is 11.3. The highest BCUT2D eigenvalue weighted by Crippen LogP contribution is 2.42. The van der Waals surface area contributed by atoms with Gasteiger partial charge < -0.3 is 10.6 Å². The fourth-order valence-corrected chi connectivity index (χ4v) is 2.30. The molecule has 1 amide bonds. The van der Waals surface area contributed by atoms with Crippen molar-refractivity contribution in [2.45, 2.75) is 31.7 Å². The third-order valence-electron chi connectivity index (χ3n) is 3.35. The lowest BCUT2D eigenvalue weighted by molar-refractivity contribution is -0.130. The Bertz CT molecular complexity index is 217. The molecule has 0 radical (unpaired) electrons. The lowest BCUT2D eigenvalue weighted by Gasteiger charge is -2.39. The van der Waals surface area contributed by atoms with Crippen LogP contribution in [0.4, 0.5) is 0 Å². The second kappa shape index (κ2) is 2.46. The molecule has 1 saturated heterocycles. The summed E-state index contributed by atoms with van der Waals surface area (Å²) in [5.41, 5.74) is 6.09. The Morgan fingerprint density at radius 3 is 2.83 bits per heavy atom. The zero-order chi connectivity index (χ0) is 8.77. The lowest BCUT2D eigenvalue weighted by Crippen LogP contribution is -2.54. The first-order chi connectivity index (χ1) is 5.65. The highest BCUT2D eigenvalue weighted by atomic mass is 16.2. The highest BCUT2D eigenvalue weighted by Gasteiger charge is 2.50. The Hall–Kier alpha value is -0.570. The van der Waals surface area contributed by atoms with Crippen LogP contribution in [-0.4, -0.2) is 29.4 Å². The van der Waals surface area contributed by atoms with E-state index in [0.717, 1.165) is 19.5 Å². The minimum Gasteiger partial charge on any atom is -0.341 e. The largest absolute Gasteiger partial charge is 0.341 e. The Labute approximate surface area is 72.9 Å². The van der Waals surface area contributed by atoms with Gasteiger partial charge in [0.1, 0.15) is 0 Å². The van der Waals surface area contributed by atoms with E-state index in [4.69, 9.17) is 5.73 Å². The molecule has 0 aromatic rings. The SMILES string of the molecule is CCC(=O)N1CC2CCC2(N)C1. The van der Waals surface area contributed by atoms with Gasteiger partial charge in [-0.05, 0) is 18.8 Å². The summed E-state index contributed by atoms with van der Waals surface area (Å²) >= 11 is 0. The molecule has 3 nitrogen and oxygen atoms in total. The normalized spacial score (nSPS) is 39.2. The number of carbonyl (C=O) groups is 1. The predicted molar refractivity (Wildman–Crippen MR) is 46.5 cm³/mol. The van der Waals surface area contributed by atoms with Crippen molar-refractivity contribution in [3.8, 4) is 0 Å². The summed E-state index contributed by atoms with van der Waals surface area (Å²) in [6.07, 6.45) is 2.93. The van der Waals surface area contributed by atoms with Crippen molar-refractivity contribution >= 4 is 5.91 Å². The number of rotatable bonds is 1. The summed E-state index contributed by atoms with van der Waals surface area (Å²) in [6, 6.07) is 0. The van der Waals surface area contributed by atoms with Crippen LogP contribution < -0.4 is 5.73 Å². The van der Waals surface area contributed by atoms with Crippen LogP contribution in [0.5, 0.6) is 0 Å². The van der Waals surface area contributed by atoms with E-state index < -0.39 is 0 Å². The number of hydrogen-bond acceptors (Lipinski definition) is 2. The minimum absolute atomic E-state index is 0.00910. The van der Waals surface area contributed by atoms with E-state index in [1.807, 2.05) is 11.8 Å². The van der Waals surface area contributed by atoms with E-state index in [-0.39, 0.29) is 11.4 Å². The van der Waals surface area contributed by atoms with Gasteiger partial charge in [-0.1, -0.05) is 6.92 Å². The van der Waals surface area contributed by atoms with Crippen molar-refractivity contribution in [3.05, 3.63) is 0 Å². The van der Waals surface area contributed by atoms with E-state index >= 15 is 0 Å². The van der Waals surface area contributed by atoms with Gasteiger partial charge in [0.25, 0.3) is 0 Å². The molecule has 2 N–H and O–H groups in total. The maximum Gasteiger partial charge on any atom is 0.222 e. The molecular weight excluding hydrogens is 152 g/mol. The molecule has 0 aromatic carbocycles. The number of nitrogens with zero attached hydrogens (tertiary/aromatic N) is 1.